The van der Waals surface area contributed by atoms with Gasteiger partial charge in [0.2, 0.25) is 10.0 Å². The second kappa shape index (κ2) is 8.78. The van der Waals surface area contributed by atoms with Crippen LogP contribution in [0.2, 0.25) is 0 Å². The molecule has 1 fully saturated rings. The second-order valence-corrected chi connectivity index (χ2v) is 9.99. The minimum Gasteiger partial charge on any atom is -0.380 e. The Hall–Kier alpha value is -2.75. The van der Waals surface area contributed by atoms with Gasteiger partial charge in [0.05, 0.1) is 4.90 Å². The van der Waals surface area contributed by atoms with Gasteiger partial charge in [0.1, 0.15) is 6.04 Å². The fourth-order valence-electron chi connectivity index (χ4n) is 3.58. The summed E-state index contributed by atoms with van der Waals surface area (Å²) < 4.78 is 28.5. The predicted molar refractivity (Wildman–Crippen MR) is 122 cm³/mol. The van der Waals surface area contributed by atoms with Crippen LogP contribution in [0.1, 0.15) is 18.4 Å². The van der Waals surface area contributed by atoms with Crippen molar-refractivity contribution in [1.82, 2.24) is 4.31 Å². The molecule has 2 N–H and O–H groups in total. The number of hydrogen-bond donors (Lipinski definition) is 1. The van der Waals surface area contributed by atoms with Crippen LogP contribution in [0.15, 0.2) is 81.3 Å². The van der Waals surface area contributed by atoms with Crippen LogP contribution in [-0.2, 0) is 19.7 Å². The molecule has 9 heteroatoms. The van der Waals surface area contributed by atoms with Crippen molar-refractivity contribution in [2.45, 2.75) is 23.8 Å². The molecule has 7 nitrogen and oxygen atoms in total. The Bertz CT molecular complexity index is 1280. The van der Waals surface area contributed by atoms with E-state index < -0.39 is 22.0 Å². The number of nitrogens with two attached hydrogens (primary N) is 1. The van der Waals surface area contributed by atoms with Gasteiger partial charge in [-0.2, -0.15) is 4.31 Å². The van der Waals surface area contributed by atoms with E-state index in [4.69, 9.17) is 10.6 Å². The van der Waals surface area contributed by atoms with Gasteiger partial charge < -0.3 is 10.6 Å². The average Bonchev–Trinajstić information content (AvgIpc) is 3.28. The first-order chi connectivity index (χ1) is 14.9. The van der Waals surface area contributed by atoms with Gasteiger partial charge in [-0.3, -0.25) is 0 Å². The molecule has 0 aliphatic carbocycles. The normalized spacial score (nSPS) is 17.7. The maximum Gasteiger partial charge on any atom is 0.353 e. The number of oxime groups is 1. The van der Waals surface area contributed by atoms with Crippen LogP contribution in [0.4, 0.5) is 0 Å². The summed E-state index contributed by atoms with van der Waals surface area (Å²) in [5, 5.41) is 5.47. The summed E-state index contributed by atoms with van der Waals surface area (Å²) >= 11 is 3.34. The first-order valence-corrected chi connectivity index (χ1v) is 11.9. The van der Waals surface area contributed by atoms with Gasteiger partial charge in [-0.25, -0.2) is 13.2 Å². The molecule has 0 radical (unpaired) electrons. The zero-order valence-electron chi connectivity index (χ0n) is 16.4. The number of nitrogens with zero attached hydrogens (tertiary/aromatic N) is 2. The highest BCUT2D eigenvalue weighted by molar-refractivity contribution is 9.10. The lowest BCUT2D eigenvalue weighted by molar-refractivity contribution is -0.147. The Morgan fingerprint density at radius 2 is 1.84 bits per heavy atom. The number of carbonyl (C=O) groups excluding carboxylic acids is 1. The Morgan fingerprint density at radius 1 is 1.06 bits per heavy atom. The number of sulfonamides is 1. The Labute approximate surface area is 188 Å². The summed E-state index contributed by atoms with van der Waals surface area (Å²) in [5.74, 6) is -0.726. The third-order valence-electron chi connectivity index (χ3n) is 5.16. The summed E-state index contributed by atoms with van der Waals surface area (Å²) in [6.45, 7) is 0.236. The van der Waals surface area contributed by atoms with E-state index in [9.17, 15) is 13.2 Å². The summed E-state index contributed by atoms with van der Waals surface area (Å²) in [6.07, 6.45) is 0.912. The molecule has 160 valence electrons. The van der Waals surface area contributed by atoms with Crippen LogP contribution >= 0.6 is 15.9 Å². The monoisotopic (exact) mass is 501 g/mol. The molecule has 4 rings (SSSR count). The second-order valence-electron chi connectivity index (χ2n) is 7.18. The van der Waals surface area contributed by atoms with E-state index in [1.54, 1.807) is 36.4 Å². The molecule has 1 saturated heterocycles. The van der Waals surface area contributed by atoms with E-state index in [2.05, 4.69) is 21.1 Å². The maximum atomic E-state index is 13.2. The third-order valence-corrected chi connectivity index (χ3v) is 7.56. The van der Waals surface area contributed by atoms with E-state index in [1.807, 2.05) is 30.3 Å². The van der Waals surface area contributed by atoms with Crippen LogP contribution in [0, 0.1) is 0 Å². The molecule has 0 amide bonds. The number of hydrogen-bond acceptors (Lipinski definition) is 5. The number of carbonyl (C=O) groups is 1. The molecule has 31 heavy (non-hydrogen) atoms. The zero-order valence-corrected chi connectivity index (χ0v) is 18.8. The molecule has 3 aromatic rings. The lowest BCUT2D eigenvalue weighted by Crippen LogP contribution is -2.41. The van der Waals surface area contributed by atoms with E-state index in [-0.39, 0.29) is 17.3 Å². The highest BCUT2D eigenvalue weighted by Gasteiger charge is 2.40. The molecule has 1 atom stereocenters. The zero-order chi connectivity index (χ0) is 22.0. The largest absolute Gasteiger partial charge is 0.380 e. The molecule has 0 aromatic heterocycles. The number of amidine groups is 1. The molecule has 0 bridgehead atoms. The van der Waals surface area contributed by atoms with Crippen LogP contribution < -0.4 is 5.73 Å². The van der Waals surface area contributed by atoms with E-state index >= 15 is 0 Å². The molecule has 1 unspecified atom stereocenters. The lowest BCUT2D eigenvalue weighted by Gasteiger charge is -2.22. The first kappa shape index (κ1) is 21.5. The van der Waals surface area contributed by atoms with Crippen molar-refractivity contribution in [3.63, 3.8) is 0 Å². The van der Waals surface area contributed by atoms with Gasteiger partial charge in [0.25, 0.3) is 0 Å². The third kappa shape index (κ3) is 4.48. The van der Waals surface area contributed by atoms with Gasteiger partial charge in [-0.1, -0.05) is 63.6 Å². The number of rotatable bonds is 5. The number of benzene rings is 3. The van der Waals surface area contributed by atoms with Gasteiger partial charge in [-0.05, 0) is 47.9 Å². The van der Waals surface area contributed by atoms with Crippen molar-refractivity contribution in [3.05, 3.63) is 76.8 Å². The Morgan fingerprint density at radius 3 is 2.61 bits per heavy atom. The minimum atomic E-state index is -3.87. The SMILES string of the molecule is N/C(=N\OC(=O)C1CCCN1S(=O)(=O)c1ccc2ccccc2c1)c1cccc(Br)c1. The van der Waals surface area contributed by atoms with Crippen LogP contribution in [0.25, 0.3) is 10.8 Å². The molecule has 3 aromatic carbocycles. The standard InChI is InChI=1S/C22H20BrN3O4S/c23-18-8-3-7-17(13-18)21(24)25-30-22(27)20-9-4-12-26(20)31(28,29)19-11-10-15-5-1-2-6-16(15)14-19/h1-3,5-8,10-11,13-14,20H,4,9,12H2,(H2,24,25). The molecule has 1 aliphatic heterocycles. The Kier molecular flexibility index (Phi) is 6.08. The summed E-state index contributed by atoms with van der Waals surface area (Å²) in [6, 6.07) is 18.6. The fraction of sp³-hybridized carbons (Fsp3) is 0.182. The van der Waals surface area contributed by atoms with Crippen LogP contribution in [-0.4, -0.2) is 37.1 Å². The summed E-state index contributed by atoms with van der Waals surface area (Å²) in [5.41, 5.74) is 6.47. The van der Waals surface area contributed by atoms with E-state index in [0.717, 1.165) is 15.2 Å². The van der Waals surface area contributed by atoms with Gasteiger partial charge in [0, 0.05) is 16.6 Å². The van der Waals surface area contributed by atoms with Crippen molar-refractivity contribution in [3.8, 4) is 0 Å². The molecule has 0 spiro atoms. The number of fused-ring (bicyclic) bond motifs is 1. The highest BCUT2D eigenvalue weighted by Crippen LogP contribution is 2.28. The van der Waals surface area contributed by atoms with Gasteiger partial charge in [-0.15, -0.1) is 0 Å². The van der Waals surface area contributed by atoms with Crippen molar-refractivity contribution in [2.75, 3.05) is 6.54 Å². The van der Waals surface area contributed by atoms with Crippen molar-refractivity contribution < 1.29 is 18.0 Å². The molecule has 1 heterocycles. The molecule has 0 saturated carbocycles. The molecular weight excluding hydrogens is 482 g/mol. The van der Waals surface area contributed by atoms with Gasteiger partial charge in [0.15, 0.2) is 5.84 Å². The maximum absolute atomic E-state index is 13.2. The topological polar surface area (TPSA) is 102 Å². The average molecular weight is 502 g/mol. The minimum absolute atomic E-state index is 0.0246. The van der Waals surface area contributed by atoms with Crippen molar-refractivity contribution in [1.29, 1.82) is 0 Å². The quantitative estimate of drug-likeness (QED) is 0.249. The predicted octanol–water partition coefficient (Wildman–Crippen LogP) is 3.62. The van der Waals surface area contributed by atoms with E-state index in [1.165, 1.54) is 4.31 Å². The van der Waals surface area contributed by atoms with Crippen LogP contribution in [0.3, 0.4) is 0 Å². The highest BCUT2D eigenvalue weighted by atomic mass is 79.9. The van der Waals surface area contributed by atoms with Crippen molar-refractivity contribution in [2.24, 2.45) is 10.9 Å². The first-order valence-electron chi connectivity index (χ1n) is 9.67. The van der Waals surface area contributed by atoms with Crippen molar-refractivity contribution >= 4 is 48.5 Å². The van der Waals surface area contributed by atoms with Crippen LogP contribution in [0.5, 0.6) is 0 Å². The molecule has 1 aliphatic rings. The molecular formula is C22H20BrN3O4S. The van der Waals surface area contributed by atoms with Gasteiger partial charge >= 0.3 is 5.97 Å². The smallest absolute Gasteiger partial charge is 0.353 e. The Balaban J connectivity index is 1.54. The fourth-order valence-corrected chi connectivity index (χ4v) is 5.66. The summed E-state index contributed by atoms with van der Waals surface area (Å²) in [4.78, 5) is 17.8. The summed E-state index contributed by atoms with van der Waals surface area (Å²) in [7, 11) is -3.87. The lowest BCUT2D eigenvalue weighted by atomic mass is 10.1. The van der Waals surface area contributed by atoms with E-state index in [0.29, 0.717) is 18.4 Å². The number of halogens is 1.